The number of rotatable bonds is 1. The molecule has 6 heteroatoms. The Kier molecular flexibility index (Phi) is 4.29. The van der Waals surface area contributed by atoms with Crippen LogP contribution in [0.1, 0.15) is 53.9 Å². The highest BCUT2D eigenvalue weighted by Gasteiger charge is 2.67. The van der Waals surface area contributed by atoms with E-state index in [4.69, 9.17) is 14.2 Å². The summed E-state index contributed by atoms with van der Waals surface area (Å²) in [4.78, 5) is 25.2. The molecule has 2 saturated carbocycles. The van der Waals surface area contributed by atoms with E-state index in [9.17, 15) is 14.7 Å². The van der Waals surface area contributed by atoms with Gasteiger partial charge in [0.25, 0.3) is 0 Å². The average molecular weight is 445 g/mol. The molecule has 0 aromatic rings. The van der Waals surface area contributed by atoms with Crippen LogP contribution in [0.2, 0.25) is 0 Å². The Morgan fingerprint density at radius 1 is 1.28 bits per heavy atom. The van der Waals surface area contributed by atoms with Crippen LogP contribution in [0.5, 0.6) is 0 Å². The molecule has 0 amide bonds. The first kappa shape index (κ1) is 20.8. The highest BCUT2D eigenvalue weighted by molar-refractivity contribution is 5.91. The maximum atomic E-state index is 13.3. The van der Waals surface area contributed by atoms with Crippen LogP contribution in [-0.4, -0.2) is 41.0 Å². The molecule has 6 aliphatic rings. The Morgan fingerprint density at radius 2 is 2.03 bits per heavy atom. The Bertz CT molecular complexity index is 950. The molecular formula is C26H34O6. The van der Waals surface area contributed by atoms with Gasteiger partial charge < -0.3 is 19.3 Å². The fourth-order valence-electron chi connectivity index (χ4n) is 8.52. The Hall–Kier alpha value is -1.82. The van der Waals surface area contributed by atoms with Gasteiger partial charge in [-0.05, 0) is 50.9 Å². The van der Waals surface area contributed by atoms with Crippen molar-refractivity contribution in [3.63, 3.8) is 0 Å². The number of hydrogen-bond donors (Lipinski definition) is 1. The molecule has 32 heavy (non-hydrogen) atoms. The second kappa shape index (κ2) is 6.62. The first-order chi connectivity index (χ1) is 15.1. The number of esters is 2. The van der Waals surface area contributed by atoms with Crippen LogP contribution in [0.25, 0.3) is 0 Å². The van der Waals surface area contributed by atoms with E-state index in [0.717, 1.165) is 30.6 Å². The van der Waals surface area contributed by atoms with Crippen LogP contribution in [-0.2, 0) is 23.8 Å². The van der Waals surface area contributed by atoms with Crippen LogP contribution in [0.3, 0.4) is 0 Å². The molecule has 3 fully saturated rings. The summed E-state index contributed by atoms with van der Waals surface area (Å²) in [6.07, 6.45) is 3.89. The third kappa shape index (κ3) is 2.50. The summed E-state index contributed by atoms with van der Waals surface area (Å²) in [7, 11) is 0. The van der Waals surface area contributed by atoms with Gasteiger partial charge in [-0.2, -0.15) is 0 Å². The number of carbonyl (C=O) groups is 2. The Labute approximate surface area is 189 Å². The largest absolute Gasteiger partial charge is 0.491 e. The van der Waals surface area contributed by atoms with Crippen LogP contribution < -0.4 is 0 Å². The summed E-state index contributed by atoms with van der Waals surface area (Å²) in [5, 5.41) is 11.4. The quantitative estimate of drug-likeness (QED) is 0.493. The lowest BCUT2D eigenvalue weighted by Crippen LogP contribution is -2.49. The third-order valence-corrected chi connectivity index (χ3v) is 9.98. The molecule has 0 radical (unpaired) electrons. The molecule has 12 atom stereocenters. The molecule has 0 aromatic heterocycles. The zero-order valence-corrected chi connectivity index (χ0v) is 19.5. The second-order valence-electron chi connectivity index (χ2n) is 11.5. The predicted octanol–water partition coefficient (Wildman–Crippen LogP) is 3.39. The maximum Gasteiger partial charge on any atom is 0.338 e. The monoisotopic (exact) mass is 444 g/mol. The molecule has 174 valence electrons. The van der Waals surface area contributed by atoms with Crippen molar-refractivity contribution < 1.29 is 28.9 Å². The topological polar surface area (TPSA) is 82.1 Å². The van der Waals surface area contributed by atoms with E-state index in [1.54, 1.807) is 0 Å². The van der Waals surface area contributed by atoms with Gasteiger partial charge in [0.2, 0.25) is 0 Å². The van der Waals surface area contributed by atoms with Gasteiger partial charge in [0, 0.05) is 30.6 Å². The molecule has 3 heterocycles. The van der Waals surface area contributed by atoms with Crippen molar-refractivity contribution in [3.8, 4) is 0 Å². The molecular weight excluding hydrogens is 410 g/mol. The maximum absolute atomic E-state index is 13.3. The minimum absolute atomic E-state index is 0.0110. The van der Waals surface area contributed by atoms with E-state index in [1.165, 1.54) is 12.5 Å². The van der Waals surface area contributed by atoms with Crippen molar-refractivity contribution in [2.45, 2.75) is 77.8 Å². The normalized spacial score (nSPS) is 52.9. The van der Waals surface area contributed by atoms with Crippen molar-refractivity contribution in [2.75, 3.05) is 0 Å². The van der Waals surface area contributed by atoms with E-state index in [-0.39, 0.29) is 71.2 Å². The molecule has 0 unspecified atom stereocenters. The molecule has 1 saturated heterocycles. The van der Waals surface area contributed by atoms with Gasteiger partial charge >= 0.3 is 11.9 Å². The fraction of sp³-hybridized carbons (Fsp3) is 0.769. The van der Waals surface area contributed by atoms with Gasteiger partial charge in [-0.25, -0.2) is 4.79 Å². The summed E-state index contributed by atoms with van der Waals surface area (Å²) in [6, 6.07) is 0. The van der Waals surface area contributed by atoms with Crippen LogP contribution in [0.15, 0.2) is 23.0 Å². The first-order valence-electron chi connectivity index (χ1n) is 12.3. The molecule has 3 bridgehead atoms. The minimum Gasteiger partial charge on any atom is -0.491 e. The van der Waals surface area contributed by atoms with Crippen LogP contribution >= 0.6 is 0 Å². The molecule has 6 nitrogen and oxygen atoms in total. The highest BCUT2D eigenvalue weighted by Crippen LogP contribution is 2.66. The zero-order chi connectivity index (χ0) is 22.7. The number of hydrogen-bond acceptors (Lipinski definition) is 6. The zero-order valence-electron chi connectivity index (χ0n) is 19.5. The van der Waals surface area contributed by atoms with Crippen molar-refractivity contribution >= 4 is 11.9 Å². The lowest BCUT2D eigenvalue weighted by molar-refractivity contribution is -0.154. The summed E-state index contributed by atoms with van der Waals surface area (Å²) < 4.78 is 18.4. The smallest absolute Gasteiger partial charge is 0.338 e. The number of fused-ring (bicyclic) bond motifs is 9. The van der Waals surface area contributed by atoms with Gasteiger partial charge in [-0.3, -0.25) is 4.79 Å². The molecule has 3 aliphatic carbocycles. The van der Waals surface area contributed by atoms with Crippen molar-refractivity contribution in [2.24, 2.45) is 47.3 Å². The lowest BCUT2D eigenvalue weighted by Gasteiger charge is -2.48. The van der Waals surface area contributed by atoms with Gasteiger partial charge in [0.15, 0.2) is 0 Å². The minimum atomic E-state index is -0.576. The van der Waals surface area contributed by atoms with E-state index in [1.807, 2.05) is 6.92 Å². The number of allylic oxidation sites excluding steroid dienone is 1. The fourth-order valence-corrected chi connectivity index (χ4v) is 8.52. The standard InChI is InChI=1S/C26H34O6/c1-10-8-15-19(22(28)12(3)23(15)30-13(4)27)18-14(10)9-16-20(18)21-24-11(2)17(31-25(21)29)6-7-26(16,5)32-24/h8,11-12,14-20,22-23,28H,6-7,9H2,1-5H3/t11-,12-,14+,15-,16-,17+,18+,19+,20-,22-,23+,26-/m1/s1/i13+2. The van der Waals surface area contributed by atoms with Crippen LogP contribution in [0, 0.1) is 47.3 Å². The van der Waals surface area contributed by atoms with Gasteiger partial charge in [0.05, 0.1) is 17.6 Å². The van der Waals surface area contributed by atoms with Gasteiger partial charge in [0.1, 0.15) is 23.6 Å². The summed E-state index contributed by atoms with van der Waals surface area (Å²) in [5.74, 6) is 0.800. The summed E-state index contributed by atoms with van der Waals surface area (Å²) >= 11 is 0. The molecule has 0 aromatic carbocycles. The number of ether oxygens (including phenoxy) is 3. The first-order valence-corrected chi connectivity index (χ1v) is 12.3. The molecule has 3 aliphatic heterocycles. The van der Waals surface area contributed by atoms with Crippen LogP contribution in [0.4, 0.5) is 0 Å². The molecule has 0 spiro atoms. The number of aliphatic hydroxyl groups excluding tert-OH is 1. The molecule has 6 rings (SSSR count). The van der Waals surface area contributed by atoms with E-state index >= 15 is 0 Å². The lowest BCUT2D eigenvalue weighted by atomic mass is 9.63. The summed E-state index contributed by atoms with van der Waals surface area (Å²) in [5.41, 5.74) is 1.70. The number of carbonyl (C=O) groups excluding carboxylic acids is 2. The van der Waals surface area contributed by atoms with Crippen molar-refractivity contribution in [1.82, 2.24) is 0 Å². The number of aliphatic hydroxyl groups is 1. The second-order valence-corrected chi connectivity index (χ2v) is 11.5. The van der Waals surface area contributed by atoms with E-state index in [2.05, 4.69) is 26.8 Å². The Morgan fingerprint density at radius 3 is 2.75 bits per heavy atom. The SMILES string of the molecule is CC1=C[C@H]2[C@@H](O[14C](C)=O)[C@H](C)[C@@H](O)[C@@H]2[C@H]2[C@@H]3C4=C5O[C@](C)(CC[C@H](OC4=O)[C@H]5C)[C@@H]3C[C@@H]12. The molecule has 1 N–H and O–H groups in total. The Balaban J connectivity index is 1.50. The van der Waals surface area contributed by atoms with Gasteiger partial charge in [-0.15, -0.1) is 0 Å². The van der Waals surface area contributed by atoms with Crippen molar-refractivity contribution in [1.29, 1.82) is 0 Å². The predicted molar refractivity (Wildman–Crippen MR) is 115 cm³/mol. The van der Waals surface area contributed by atoms with Gasteiger partial charge in [-0.1, -0.05) is 25.5 Å². The summed E-state index contributed by atoms with van der Waals surface area (Å²) in [6.45, 7) is 9.92. The van der Waals surface area contributed by atoms with E-state index in [0.29, 0.717) is 5.92 Å². The average Bonchev–Trinajstić information content (AvgIpc) is 3.22. The third-order valence-electron chi connectivity index (χ3n) is 9.98. The highest BCUT2D eigenvalue weighted by atomic mass is 16.8. The van der Waals surface area contributed by atoms with Crippen molar-refractivity contribution in [3.05, 3.63) is 23.0 Å². The van der Waals surface area contributed by atoms with E-state index < -0.39 is 6.10 Å².